The van der Waals surface area contributed by atoms with E-state index < -0.39 is 5.60 Å². The van der Waals surface area contributed by atoms with E-state index in [2.05, 4.69) is 19.8 Å². The molecule has 4 saturated carbocycles. The normalized spacial score (nSPS) is 58.7. The Morgan fingerprint density at radius 2 is 1.70 bits per heavy atom. The molecule has 2 N–H and O–H groups in total. The quantitative estimate of drug-likeness (QED) is 0.668. The molecule has 0 aromatic carbocycles. The van der Waals surface area contributed by atoms with Gasteiger partial charge in [0.25, 0.3) is 0 Å². The molecular formula is C21H32O2. The predicted molar refractivity (Wildman–Crippen MR) is 91.5 cm³/mol. The summed E-state index contributed by atoms with van der Waals surface area (Å²) in [7, 11) is 0. The highest BCUT2D eigenvalue weighted by molar-refractivity contribution is 5.23. The van der Waals surface area contributed by atoms with E-state index in [1.807, 2.05) is 0 Å². The third-order valence-corrected chi connectivity index (χ3v) is 9.03. The molecule has 0 aromatic heterocycles. The molecule has 0 bridgehead atoms. The van der Waals surface area contributed by atoms with Gasteiger partial charge >= 0.3 is 0 Å². The second kappa shape index (κ2) is 4.99. The molecular weight excluding hydrogens is 284 g/mol. The molecule has 0 aromatic rings. The van der Waals surface area contributed by atoms with Crippen LogP contribution in [0.3, 0.4) is 0 Å². The molecule has 128 valence electrons. The number of rotatable bonds is 0. The van der Waals surface area contributed by atoms with E-state index in [-0.39, 0.29) is 11.5 Å². The first-order chi connectivity index (χ1) is 10.8. The minimum absolute atomic E-state index is 0.0727. The van der Waals surface area contributed by atoms with Crippen LogP contribution in [0.4, 0.5) is 0 Å². The summed E-state index contributed by atoms with van der Waals surface area (Å²) in [6, 6.07) is 0. The van der Waals surface area contributed by atoms with Crippen LogP contribution in [-0.4, -0.2) is 21.9 Å². The molecule has 8 atom stereocenters. The van der Waals surface area contributed by atoms with E-state index in [0.717, 1.165) is 43.9 Å². The lowest BCUT2D eigenvalue weighted by molar-refractivity contribution is -0.144. The molecule has 0 unspecified atom stereocenters. The highest BCUT2D eigenvalue weighted by Crippen LogP contribution is 2.68. The van der Waals surface area contributed by atoms with Gasteiger partial charge in [0.2, 0.25) is 0 Å². The molecule has 4 rings (SSSR count). The summed E-state index contributed by atoms with van der Waals surface area (Å²) in [6.45, 7) is 4.77. The first-order valence-corrected chi connectivity index (χ1v) is 9.72. The summed E-state index contributed by atoms with van der Waals surface area (Å²) < 4.78 is 0. The average Bonchev–Trinajstić information content (AvgIpc) is 2.80. The number of aliphatic hydroxyl groups excluding tert-OH is 1. The van der Waals surface area contributed by atoms with Crippen molar-refractivity contribution in [2.24, 2.45) is 34.5 Å². The smallest absolute Gasteiger partial charge is 0.130 e. The molecule has 0 saturated heterocycles. The largest absolute Gasteiger partial charge is 0.393 e. The van der Waals surface area contributed by atoms with Crippen molar-refractivity contribution in [3.63, 3.8) is 0 Å². The number of fused-ring (bicyclic) bond motifs is 5. The molecule has 0 heterocycles. The van der Waals surface area contributed by atoms with Crippen LogP contribution in [0.1, 0.15) is 71.6 Å². The van der Waals surface area contributed by atoms with Gasteiger partial charge in [-0.25, -0.2) is 0 Å². The minimum atomic E-state index is -0.886. The Labute approximate surface area is 141 Å². The Bertz CT molecular complexity index is 536. The predicted octanol–water partition coefficient (Wildman–Crippen LogP) is 3.75. The van der Waals surface area contributed by atoms with Gasteiger partial charge in [-0.05, 0) is 86.9 Å². The monoisotopic (exact) mass is 316 g/mol. The fourth-order valence-electron chi connectivity index (χ4n) is 7.49. The molecule has 4 fully saturated rings. The van der Waals surface area contributed by atoms with Crippen LogP contribution in [0.15, 0.2) is 0 Å². The van der Waals surface area contributed by atoms with Crippen molar-refractivity contribution in [1.82, 2.24) is 0 Å². The average molecular weight is 316 g/mol. The van der Waals surface area contributed by atoms with Crippen LogP contribution in [0.5, 0.6) is 0 Å². The van der Waals surface area contributed by atoms with Crippen LogP contribution in [0.25, 0.3) is 0 Å². The minimum Gasteiger partial charge on any atom is -0.393 e. The highest BCUT2D eigenvalue weighted by atomic mass is 16.3. The van der Waals surface area contributed by atoms with Crippen LogP contribution >= 0.6 is 0 Å². The Morgan fingerprint density at radius 3 is 2.43 bits per heavy atom. The summed E-state index contributed by atoms with van der Waals surface area (Å²) in [4.78, 5) is 0. The van der Waals surface area contributed by atoms with Gasteiger partial charge in [-0.15, -0.1) is 6.42 Å². The maximum atomic E-state index is 11.0. The van der Waals surface area contributed by atoms with Gasteiger partial charge in [-0.2, -0.15) is 0 Å². The second-order valence-corrected chi connectivity index (χ2v) is 9.58. The maximum absolute atomic E-state index is 11.0. The lowest BCUT2D eigenvalue weighted by atomic mass is 9.44. The SMILES string of the molecule is C#C[C@]1(O)CC[C@@H]2[C@H]3CC[C@H]4C[C@H](O)CC[C@]4(C)[C@H]3CC[C@]21C. The van der Waals surface area contributed by atoms with Gasteiger partial charge in [0.1, 0.15) is 5.60 Å². The fourth-order valence-corrected chi connectivity index (χ4v) is 7.49. The van der Waals surface area contributed by atoms with Crippen LogP contribution < -0.4 is 0 Å². The highest BCUT2D eigenvalue weighted by Gasteiger charge is 2.64. The van der Waals surface area contributed by atoms with Crippen LogP contribution in [0.2, 0.25) is 0 Å². The van der Waals surface area contributed by atoms with Crippen molar-refractivity contribution in [3.8, 4) is 12.3 Å². The number of hydrogen-bond donors (Lipinski definition) is 2. The molecule has 4 aliphatic carbocycles. The molecule has 4 aliphatic rings. The van der Waals surface area contributed by atoms with Gasteiger partial charge < -0.3 is 10.2 Å². The summed E-state index contributed by atoms with van der Waals surface area (Å²) >= 11 is 0. The number of hydrogen-bond acceptors (Lipinski definition) is 2. The van der Waals surface area contributed by atoms with Crippen molar-refractivity contribution < 1.29 is 10.2 Å². The molecule has 0 spiro atoms. The topological polar surface area (TPSA) is 40.5 Å². The fraction of sp³-hybridized carbons (Fsp3) is 0.905. The van der Waals surface area contributed by atoms with E-state index in [4.69, 9.17) is 6.42 Å². The zero-order valence-corrected chi connectivity index (χ0v) is 14.7. The molecule has 2 nitrogen and oxygen atoms in total. The number of aliphatic hydroxyl groups is 2. The lowest BCUT2D eigenvalue weighted by Gasteiger charge is -2.61. The molecule has 0 radical (unpaired) electrons. The van der Waals surface area contributed by atoms with E-state index >= 15 is 0 Å². The van der Waals surface area contributed by atoms with Gasteiger partial charge in [0.15, 0.2) is 0 Å². The standard InChI is InChI=1S/C21H32O2/c1-4-21(23)12-9-18-16-6-5-14-13-15(22)7-10-19(14,2)17(16)8-11-20(18,21)3/h1,14-18,22-23H,5-13H2,2-3H3/t14-,15+,16-,17-,18+,19-,20+,21-/m0/s1. The summed E-state index contributed by atoms with van der Waals surface area (Å²) in [6.07, 6.45) is 15.6. The van der Waals surface area contributed by atoms with Gasteiger partial charge in [0, 0.05) is 5.41 Å². The second-order valence-electron chi connectivity index (χ2n) is 9.58. The van der Waals surface area contributed by atoms with Gasteiger partial charge in [0.05, 0.1) is 6.10 Å². The van der Waals surface area contributed by atoms with Crippen molar-refractivity contribution in [2.75, 3.05) is 0 Å². The van der Waals surface area contributed by atoms with E-state index in [1.165, 1.54) is 25.7 Å². The molecule has 0 aliphatic heterocycles. The maximum Gasteiger partial charge on any atom is 0.130 e. The lowest BCUT2D eigenvalue weighted by Crippen LogP contribution is -2.56. The zero-order valence-electron chi connectivity index (χ0n) is 14.7. The first kappa shape index (κ1) is 16.0. The molecule has 0 amide bonds. The van der Waals surface area contributed by atoms with E-state index in [0.29, 0.717) is 17.3 Å². The third-order valence-electron chi connectivity index (χ3n) is 9.03. The third kappa shape index (κ3) is 1.96. The Kier molecular flexibility index (Phi) is 3.47. The summed E-state index contributed by atoms with van der Waals surface area (Å²) in [5, 5.41) is 21.1. The van der Waals surface area contributed by atoms with Crippen LogP contribution in [-0.2, 0) is 0 Å². The zero-order chi connectivity index (χ0) is 16.5. The number of terminal acetylenes is 1. The van der Waals surface area contributed by atoms with Crippen molar-refractivity contribution in [3.05, 3.63) is 0 Å². The van der Waals surface area contributed by atoms with Crippen molar-refractivity contribution in [1.29, 1.82) is 0 Å². The first-order valence-electron chi connectivity index (χ1n) is 9.72. The summed E-state index contributed by atoms with van der Waals surface area (Å²) in [5.74, 6) is 5.56. The van der Waals surface area contributed by atoms with Crippen molar-refractivity contribution >= 4 is 0 Å². The molecule has 2 heteroatoms. The van der Waals surface area contributed by atoms with E-state index in [9.17, 15) is 10.2 Å². The molecule has 23 heavy (non-hydrogen) atoms. The summed E-state index contributed by atoms with van der Waals surface area (Å²) in [5.41, 5.74) is -0.566. The van der Waals surface area contributed by atoms with E-state index in [1.54, 1.807) is 0 Å². The Balaban J connectivity index is 1.65. The Morgan fingerprint density at radius 1 is 0.957 bits per heavy atom. The Hall–Kier alpha value is -0.520. The van der Waals surface area contributed by atoms with Crippen molar-refractivity contribution in [2.45, 2.75) is 83.3 Å². The van der Waals surface area contributed by atoms with Gasteiger partial charge in [-0.1, -0.05) is 19.8 Å². The van der Waals surface area contributed by atoms with Crippen LogP contribution in [0, 0.1) is 46.8 Å². The van der Waals surface area contributed by atoms with Gasteiger partial charge in [-0.3, -0.25) is 0 Å².